The first-order valence-electron chi connectivity index (χ1n) is 7.96. The SMILES string of the molecule is C=C(C)[C@]1(N)CCC(C)=C[C@H]1c1c(O)cc(CCC)cc1O. The van der Waals surface area contributed by atoms with Crippen LogP contribution >= 0.6 is 0 Å². The fourth-order valence-corrected chi connectivity index (χ4v) is 3.33. The third kappa shape index (κ3) is 2.91. The molecule has 120 valence electrons. The van der Waals surface area contributed by atoms with Crippen LogP contribution in [-0.4, -0.2) is 15.8 Å². The highest BCUT2D eigenvalue weighted by atomic mass is 16.3. The first-order valence-corrected chi connectivity index (χ1v) is 7.96. The lowest BCUT2D eigenvalue weighted by atomic mass is 9.68. The molecule has 0 unspecified atom stereocenters. The Kier molecular flexibility index (Phi) is 4.66. The zero-order valence-corrected chi connectivity index (χ0v) is 13.8. The van der Waals surface area contributed by atoms with Gasteiger partial charge >= 0.3 is 0 Å². The average molecular weight is 301 g/mol. The molecule has 1 aromatic carbocycles. The first kappa shape index (κ1) is 16.6. The molecule has 4 N–H and O–H groups in total. The van der Waals surface area contributed by atoms with E-state index < -0.39 is 5.54 Å². The highest BCUT2D eigenvalue weighted by Gasteiger charge is 2.40. The van der Waals surface area contributed by atoms with Crippen molar-refractivity contribution in [2.45, 2.75) is 57.9 Å². The number of phenols is 2. The number of hydrogen-bond donors (Lipinski definition) is 3. The van der Waals surface area contributed by atoms with E-state index in [0.717, 1.165) is 36.8 Å². The minimum absolute atomic E-state index is 0.121. The molecule has 2 rings (SSSR count). The molecule has 2 atom stereocenters. The Morgan fingerprint density at radius 1 is 1.36 bits per heavy atom. The van der Waals surface area contributed by atoms with Crippen LogP contribution in [-0.2, 0) is 6.42 Å². The van der Waals surface area contributed by atoms with Crippen LogP contribution in [0.25, 0.3) is 0 Å². The third-order valence-corrected chi connectivity index (χ3v) is 4.78. The van der Waals surface area contributed by atoms with Gasteiger partial charge in [0.15, 0.2) is 0 Å². The largest absolute Gasteiger partial charge is 0.507 e. The van der Waals surface area contributed by atoms with Crippen LogP contribution in [0, 0.1) is 0 Å². The standard InChI is InChI=1S/C19H27NO2/c1-5-6-14-10-16(21)18(17(22)11-14)15-9-13(4)7-8-19(15,20)12(2)3/h9-11,15,21-22H,2,5-8,20H2,1,3-4H3/t15-,19+/m0/s1. The maximum absolute atomic E-state index is 10.5. The second kappa shape index (κ2) is 6.17. The van der Waals surface area contributed by atoms with E-state index in [0.29, 0.717) is 5.56 Å². The van der Waals surface area contributed by atoms with E-state index in [1.54, 1.807) is 12.1 Å². The van der Waals surface area contributed by atoms with Gasteiger partial charge in [-0.15, -0.1) is 0 Å². The van der Waals surface area contributed by atoms with Crippen molar-refractivity contribution in [2.24, 2.45) is 5.73 Å². The fourth-order valence-electron chi connectivity index (χ4n) is 3.33. The minimum Gasteiger partial charge on any atom is -0.507 e. The van der Waals surface area contributed by atoms with Crippen LogP contribution in [0.4, 0.5) is 0 Å². The molecule has 0 aliphatic heterocycles. The number of benzene rings is 1. The van der Waals surface area contributed by atoms with Crippen LogP contribution in [0.5, 0.6) is 11.5 Å². The van der Waals surface area contributed by atoms with Gasteiger partial charge in [-0.1, -0.05) is 37.1 Å². The normalized spacial score (nSPS) is 24.9. The summed E-state index contributed by atoms with van der Waals surface area (Å²) in [5.41, 5.74) is 9.53. The maximum Gasteiger partial charge on any atom is 0.123 e. The van der Waals surface area contributed by atoms with Crippen molar-refractivity contribution in [3.63, 3.8) is 0 Å². The highest BCUT2D eigenvalue weighted by Crippen LogP contribution is 2.47. The Bertz CT molecular complexity index is 595. The highest BCUT2D eigenvalue weighted by molar-refractivity contribution is 5.54. The molecule has 0 saturated heterocycles. The summed E-state index contributed by atoms with van der Waals surface area (Å²) >= 11 is 0. The molecule has 1 aliphatic carbocycles. The van der Waals surface area contributed by atoms with Gasteiger partial charge in [0.1, 0.15) is 11.5 Å². The third-order valence-electron chi connectivity index (χ3n) is 4.78. The molecular weight excluding hydrogens is 274 g/mol. The first-order chi connectivity index (χ1) is 10.3. The summed E-state index contributed by atoms with van der Waals surface area (Å²) in [5.74, 6) is -0.0135. The summed E-state index contributed by atoms with van der Waals surface area (Å²) in [7, 11) is 0. The molecular formula is C19H27NO2. The number of phenolic OH excluding ortho intramolecular Hbond substituents is 2. The summed E-state index contributed by atoms with van der Waals surface area (Å²) in [6.45, 7) is 10.1. The van der Waals surface area contributed by atoms with Gasteiger partial charge in [0.05, 0.1) is 0 Å². The van der Waals surface area contributed by atoms with Gasteiger partial charge in [-0.3, -0.25) is 0 Å². The lowest BCUT2D eigenvalue weighted by Crippen LogP contribution is -2.47. The Labute approximate surface area is 133 Å². The van der Waals surface area contributed by atoms with E-state index in [4.69, 9.17) is 5.73 Å². The van der Waals surface area contributed by atoms with E-state index in [1.807, 2.05) is 6.92 Å². The van der Waals surface area contributed by atoms with Crippen molar-refractivity contribution >= 4 is 0 Å². The van der Waals surface area contributed by atoms with Crippen molar-refractivity contribution in [1.82, 2.24) is 0 Å². The monoisotopic (exact) mass is 301 g/mol. The number of hydrogen-bond acceptors (Lipinski definition) is 3. The topological polar surface area (TPSA) is 66.5 Å². The Morgan fingerprint density at radius 2 is 1.95 bits per heavy atom. The van der Waals surface area contributed by atoms with E-state index in [1.165, 1.54) is 5.57 Å². The number of aryl methyl sites for hydroxylation is 1. The molecule has 3 nitrogen and oxygen atoms in total. The maximum atomic E-state index is 10.5. The predicted molar refractivity (Wildman–Crippen MR) is 91.2 cm³/mol. The molecule has 0 saturated carbocycles. The molecule has 0 spiro atoms. The van der Waals surface area contributed by atoms with Crippen LogP contribution in [0.15, 0.2) is 35.9 Å². The number of allylic oxidation sites excluding steroid dienone is 1. The van der Waals surface area contributed by atoms with Crippen molar-refractivity contribution in [2.75, 3.05) is 0 Å². The van der Waals surface area contributed by atoms with Gasteiger partial charge in [-0.25, -0.2) is 0 Å². The lowest BCUT2D eigenvalue weighted by Gasteiger charge is -2.41. The molecule has 0 heterocycles. The average Bonchev–Trinajstić information content (AvgIpc) is 2.42. The van der Waals surface area contributed by atoms with Crippen LogP contribution in [0.3, 0.4) is 0 Å². The van der Waals surface area contributed by atoms with Gasteiger partial charge in [0, 0.05) is 17.0 Å². The van der Waals surface area contributed by atoms with E-state index in [2.05, 4.69) is 26.5 Å². The van der Waals surface area contributed by atoms with Crippen molar-refractivity contribution < 1.29 is 10.2 Å². The lowest BCUT2D eigenvalue weighted by molar-refractivity contribution is 0.367. The van der Waals surface area contributed by atoms with E-state index in [-0.39, 0.29) is 17.4 Å². The molecule has 22 heavy (non-hydrogen) atoms. The van der Waals surface area contributed by atoms with Crippen molar-refractivity contribution in [3.05, 3.63) is 47.1 Å². The van der Waals surface area contributed by atoms with Gasteiger partial charge in [-0.2, -0.15) is 0 Å². The van der Waals surface area contributed by atoms with Crippen molar-refractivity contribution in [3.8, 4) is 11.5 Å². The van der Waals surface area contributed by atoms with Gasteiger partial charge in [-0.05, 0) is 50.8 Å². The van der Waals surface area contributed by atoms with E-state index >= 15 is 0 Å². The number of rotatable bonds is 4. The smallest absolute Gasteiger partial charge is 0.123 e. The second-order valence-electron chi connectivity index (χ2n) is 6.61. The van der Waals surface area contributed by atoms with E-state index in [9.17, 15) is 10.2 Å². The Hall–Kier alpha value is -1.74. The molecule has 3 heteroatoms. The molecule has 0 bridgehead atoms. The molecule has 0 fully saturated rings. The summed E-state index contributed by atoms with van der Waals surface area (Å²) in [4.78, 5) is 0. The van der Waals surface area contributed by atoms with Gasteiger partial charge in [0.2, 0.25) is 0 Å². The Morgan fingerprint density at radius 3 is 2.45 bits per heavy atom. The van der Waals surface area contributed by atoms with Crippen LogP contribution in [0.2, 0.25) is 0 Å². The predicted octanol–water partition coefficient (Wildman–Crippen LogP) is 4.15. The molecule has 1 aromatic rings. The second-order valence-corrected chi connectivity index (χ2v) is 6.61. The number of aromatic hydroxyl groups is 2. The molecule has 1 aliphatic rings. The summed E-state index contributed by atoms with van der Waals surface area (Å²) in [6.07, 6.45) is 5.54. The zero-order valence-electron chi connectivity index (χ0n) is 13.8. The quantitative estimate of drug-likeness (QED) is 0.732. The Balaban J connectivity index is 2.57. The summed E-state index contributed by atoms with van der Waals surface area (Å²) in [6, 6.07) is 3.49. The summed E-state index contributed by atoms with van der Waals surface area (Å²) < 4.78 is 0. The van der Waals surface area contributed by atoms with Crippen LogP contribution in [0.1, 0.15) is 57.1 Å². The van der Waals surface area contributed by atoms with Crippen LogP contribution < -0.4 is 5.73 Å². The minimum atomic E-state index is -0.638. The fraction of sp³-hybridized carbons (Fsp3) is 0.474. The van der Waals surface area contributed by atoms with Gasteiger partial charge in [0.25, 0.3) is 0 Å². The molecule has 0 radical (unpaired) electrons. The molecule has 0 amide bonds. The van der Waals surface area contributed by atoms with Crippen molar-refractivity contribution in [1.29, 1.82) is 0 Å². The van der Waals surface area contributed by atoms with Gasteiger partial charge < -0.3 is 15.9 Å². The zero-order chi connectivity index (χ0) is 16.5. The number of nitrogens with two attached hydrogens (primary N) is 1. The molecule has 0 aromatic heterocycles. The summed E-state index contributed by atoms with van der Waals surface area (Å²) in [5, 5.41) is 21.0.